The third-order valence-corrected chi connectivity index (χ3v) is 2.13. The minimum absolute atomic E-state index is 0.00375. The first kappa shape index (κ1) is 9.05. The number of hydrogen-bond acceptors (Lipinski definition) is 2. The first-order valence-corrected chi connectivity index (χ1v) is 4.20. The first-order chi connectivity index (χ1) is 5.49. The summed E-state index contributed by atoms with van der Waals surface area (Å²) in [4.78, 5) is 12.9. The van der Waals surface area contributed by atoms with Crippen molar-refractivity contribution in [1.82, 2.24) is 4.90 Å². The van der Waals surface area contributed by atoms with Crippen molar-refractivity contribution < 1.29 is 4.79 Å². The molecule has 1 fully saturated rings. The lowest BCUT2D eigenvalue weighted by atomic mass is 10.1. The molecule has 0 unspecified atom stereocenters. The van der Waals surface area contributed by atoms with E-state index in [9.17, 15) is 4.79 Å². The summed E-state index contributed by atoms with van der Waals surface area (Å²) in [7, 11) is 0. The third kappa shape index (κ3) is 1.58. The van der Waals surface area contributed by atoms with Gasteiger partial charge in [-0.25, -0.2) is 0 Å². The van der Waals surface area contributed by atoms with Crippen LogP contribution in [0.1, 0.15) is 33.6 Å². The Labute approximate surface area is 73.0 Å². The third-order valence-electron chi connectivity index (χ3n) is 2.13. The molecule has 1 aliphatic carbocycles. The van der Waals surface area contributed by atoms with E-state index in [0.29, 0.717) is 6.04 Å². The average molecular weight is 166 g/mol. The van der Waals surface area contributed by atoms with Crippen molar-refractivity contribution in [1.29, 1.82) is 5.26 Å². The zero-order valence-corrected chi connectivity index (χ0v) is 7.79. The van der Waals surface area contributed by atoms with Gasteiger partial charge in [0.1, 0.15) is 5.54 Å². The van der Waals surface area contributed by atoms with Gasteiger partial charge < -0.3 is 4.90 Å². The van der Waals surface area contributed by atoms with E-state index in [0.717, 1.165) is 12.8 Å². The second kappa shape index (κ2) is 2.78. The summed E-state index contributed by atoms with van der Waals surface area (Å²) in [6.07, 6.45) is 2.09. The van der Waals surface area contributed by atoms with Gasteiger partial charge in [0, 0.05) is 13.0 Å². The number of amides is 1. The molecule has 1 saturated carbocycles. The molecule has 0 saturated heterocycles. The number of rotatable bonds is 2. The first-order valence-electron chi connectivity index (χ1n) is 4.20. The predicted octanol–water partition coefficient (Wildman–Crippen LogP) is 1.30. The van der Waals surface area contributed by atoms with Crippen LogP contribution < -0.4 is 0 Å². The normalized spacial score (nSPS) is 16.8. The largest absolute Gasteiger partial charge is 0.322 e. The standard InChI is InChI=1S/C9H14N2O/c1-7(12)11(8-4-5-8)9(2,3)6-10/h8H,4-5H2,1-3H3. The van der Waals surface area contributed by atoms with Gasteiger partial charge in [0.15, 0.2) is 0 Å². The molecule has 0 aliphatic heterocycles. The maximum absolute atomic E-state index is 11.2. The molecule has 0 atom stereocenters. The van der Waals surface area contributed by atoms with Gasteiger partial charge in [-0.3, -0.25) is 4.79 Å². The molecular formula is C9H14N2O. The molecule has 3 heteroatoms. The van der Waals surface area contributed by atoms with E-state index in [1.54, 1.807) is 18.7 Å². The van der Waals surface area contributed by atoms with E-state index < -0.39 is 5.54 Å². The van der Waals surface area contributed by atoms with Crippen molar-refractivity contribution in [3.05, 3.63) is 0 Å². The number of nitriles is 1. The minimum Gasteiger partial charge on any atom is -0.322 e. The van der Waals surface area contributed by atoms with Gasteiger partial charge in [-0.1, -0.05) is 0 Å². The van der Waals surface area contributed by atoms with E-state index in [-0.39, 0.29) is 5.91 Å². The molecule has 3 nitrogen and oxygen atoms in total. The van der Waals surface area contributed by atoms with Crippen molar-refractivity contribution >= 4 is 5.91 Å². The number of hydrogen-bond donors (Lipinski definition) is 0. The molecule has 66 valence electrons. The van der Waals surface area contributed by atoms with Crippen LogP contribution in [0.5, 0.6) is 0 Å². The lowest BCUT2D eigenvalue weighted by Crippen LogP contribution is -2.47. The Hall–Kier alpha value is -1.04. The Balaban J connectivity index is 2.79. The lowest BCUT2D eigenvalue weighted by molar-refractivity contribution is -0.133. The van der Waals surface area contributed by atoms with Gasteiger partial charge in [0.2, 0.25) is 5.91 Å². The molecule has 0 N–H and O–H groups in total. The van der Waals surface area contributed by atoms with Gasteiger partial charge in [0.05, 0.1) is 6.07 Å². The predicted molar refractivity (Wildman–Crippen MR) is 45.2 cm³/mol. The van der Waals surface area contributed by atoms with E-state index in [2.05, 4.69) is 6.07 Å². The molecule has 0 aromatic rings. The van der Waals surface area contributed by atoms with Crippen molar-refractivity contribution in [2.24, 2.45) is 0 Å². The smallest absolute Gasteiger partial charge is 0.220 e. The highest BCUT2D eigenvalue weighted by Crippen LogP contribution is 2.32. The quantitative estimate of drug-likeness (QED) is 0.620. The SMILES string of the molecule is CC(=O)N(C1CC1)C(C)(C)C#N. The van der Waals surface area contributed by atoms with Crippen LogP contribution in [0.25, 0.3) is 0 Å². The molecule has 1 aliphatic rings. The van der Waals surface area contributed by atoms with Crippen LogP contribution in [0.2, 0.25) is 0 Å². The number of carbonyl (C=O) groups is 1. The summed E-state index contributed by atoms with van der Waals surface area (Å²) in [6.45, 7) is 5.09. The Morgan fingerprint density at radius 1 is 1.58 bits per heavy atom. The van der Waals surface area contributed by atoms with Crippen LogP contribution in [-0.2, 0) is 4.79 Å². The van der Waals surface area contributed by atoms with Crippen LogP contribution >= 0.6 is 0 Å². The van der Waals surface area contributed by atoms with Gasteiger partial charge in [-0.15, -0.1) is 0 Å². The van der Waals surface area contributed by atoms with Crippen LogP contribution in [0.4, 0.5) is 0 Å². The van der Waals surface area contributed by atoms with E-state index in [4.69, 9.17) is 5.26 Å². The maximum Gasteiger partial charge on any atom is 0.220 e. The zero-order valence-electron chi connectivity index (χ0n) is 7.79. The molecule has 1 rings (SSSR count). The second-order valence-corrected chi connectivity index (χ2v) is 3.79. The topological polar surface area (TPSA) is 44.1 Å². The minimum atomic E-state index is -0.646. The fourth-order valence-corrected chi connectivity index (χ4v) is 1.49. The summed E-state index contributed by atoms with van der Waals surface area (Å²) in [6, 6.07) is 2.47. The fraction of sp³-hybridized carbons (Fsp3) is 0.778. The molecule has 0 aromatic heterocycles. The highest BCUT2D eigenvalue weighted by Gasteiger charge is 2.40. The van der Waals surface area contributed by atoms with Gasteiger partial charge in [-0.05, 0) is 26.7 Å². The second-order valence-electron chi connectivity index (χ2n) is 3.79. The van der Waals surface area contributed by atoms with Crippen molar-refractivity contribution in [3.63, 3.8) is 0 Å². The van der Waals surface area contributed by atoms with Crippen LogP contribution in [0, 0.1) is 11.3 Å². The van der Waals surface area contributed by atoms with Gasteiger partial charge >= 0.3 is 0 Å². The molecule has 0 radical (unpaired) electrons. The maximum atomic E-state index is 11.2. The van der Waals surface area contributed by atoms with Crippen LogP contribution in [-0.4, -0.2) is 22.4 Å². The monoisotopic (exact) mass is 166 g/mol. The number of carbonyl (C=O) groups excluding carboxylic acids is 1. The molecular weight excluding hydrogens is 152 g/mol. The summed E-state index contributed by atoms with van der Waals surface area (Å²) in [5.41, 5.74) is -0.646. The van der Waals surface area contributed by atoms with Gasteiger partial charge in [0.25, 0.3) is 0 Å². The van der Waals surface area contributed by atoms with E-state index >= 15 is 0 Å². The Morgan fingerprint density at radius 2 is 2.08 bits per heavy atom. The summed E-state index contributed by atoms with van der Waals surface area (Å²) in [5.74, 6) is 0.00375. The molecule has 1 amide bonds. The Bertz CT molecular complexity index is 235. The molecule has 0 aromatic carbocycles. The molecule has 12 heavy (non-hydrogen) atoms. The number of nitrogens with zero attached hydrogens (tertiary/aromatic N) is 2. The molecule has 0 bridgehead atoms. The van der Waals surface area contributed by atoms with Crippen molar-refractivity contribution in [2.75, 3.05) is 0 Å². The lowest BCUT2D eigenvalue weighted by Gasteiger charge is -2.32. The Kier molecular flexibility index (Phi) is 2.10. The zero-order chi connectivity index (χ0) is 9.35. The molecule has 0 heterocycles. The highest BCUT2D eigenvalue weighted by atomic mass is 16.2. The van der Waals surface area contributed by atoms with Crippen molar-refractivity contribution in [3.8, 4) is 6.07 Å². The summed E-state index contributed by atoms with van der Waals surface area (Å²) >= 11 is 0. The average Bonchev–Trinajstić information content (AvgIpc) is 2.70. The summed E-state index contributed by atoms with van der Waals surface area (Å²) in [5, 5.41) is 8.85. The Morgan fingerprint density at radius 3 is 2.33 bits per heavy atom. The van der Waals surface area contributed by atoms with Crippen LogP contribution in [0.3, 0.4) is 0 Å². The van der Waals surface area contributed by atoms with Crippen molar-refractivity contribution in [2.45, 2.75) is 45.2 Å². The van der Waals surface area contributed by atoms with E-state index in [1.807, 2.05) is 0 Å². The van der Waals surface area contributed by atoms with Crippen LogP contribution in [0.15, 0.2) is 0 Å². The molecule has 0 spiro atoms. The summed E-state index contributed by atoms with van der Waals surface area (Å²) < 4.78 is 0. The fourth-order valence-electron chi connectivity index (χ4n) is 1.49. The van der Waals surface area contributed by atoms with E-state index in [1.165, 1.54) is 6.92 Å². The highest BCUT2D eigenvalue weighted by molar-refractivity contribution is 5.75. The van der Waals surface area contributed by atoms with Gasteiger partial charge in [-0.2, -0.15) is 5.26 Å².